The maximum atomic E-state index is 5.93. The SMILES string of the molecule is CCCNc1cc(C(C)C)nc(-c2ccc(Cl)cc2)n1. The van der Waals surface area contributed by atoms with Crippen LogP contribution < -0.4 is 5.32 Å². The predicted octanol–water partition coefficient (Wildman–Crippen LogP) is 4.74. The summed E-state index contributed by atoms with van der Waals surface area (Å²) in [5, 5.41) is 4.05. The molecule has 1 aromatic carbocycles. The maximum absolute atomic E-state index is 5.93. The van der Waals surface area contributed by atoms with Crippen LogP contribution in [-0.4, -0.2) is 16.5 Å². The van der Waals surface area contributed by atoms with E-state index in [0.717, 1.165) is 40.9 Å². The van der Waals surface area contributed by atoms with Crippen molar-refractivity contribution in [3.63, 3.8) is 0 Å². The molecule has 0 amide bonds. The Morgan fingerprint density at radius 2 is 1.85 bits per heavy atom. The molecule has 1 aromatic heterocycles. The highest BCUT2D eigenvalue weighted by Crippen LogP contribution is 2.23. The number of halogens is 1. The molecule has 0 spiro atoms. The second kappa shape index (κ2) is 6.71. The van der Waals surface area contributed by atoms with Crippen LogP contribution in [0.4, 0.5) is 5.82 Å². The average Bonchev–Trinajstić information content (AvgIpc) is 2.45. The number of benzene rings is 1. The minimum atomic E-state index is 0.367. The molecule has 0 saturated carbocycles. The van der Waals surface area contributed by atoms with E-state index in [1.54, 1.807) is 0 Å². The lowest BCUT2D eigenvalue weighted by Crippen LogP contribution is -2.06. The summed E-state index contributed by atoms with van der Waals surface area (Å²) < 4.78 is 0. The van der Waals surface area contributed by atoms with Gasteiger partial charge in [0.15, 0.2) is 5.82 Å². The van der Waals surface area contributed by atoms with E-state index in [9.17, 15) is 0 Å². The summed E-state index contributed by atoms with van der Waals surface area (Å²) in [6, 6.07) is 9.65. The van der Waals surface area contributed by atoms with Crippen molar-refractivity contribution in [3.05, 3.63) is 41.0 Å². The quantitative estimate of drug-likeness (QED) is 0.864. The summed E-state index contributed by atoms with van der Waals surface area (Å²) in [5.74, 6) is 1.99. The molecule has 2 aromatic rings. The smallest absolute Gasteiger partial charge is 0.161 e. The Balaban J connectivity index is 2.40. The molecule has 0 bridgehead atoms. The number of nitrogens with one attached hydrogen (secondary N) is 1. The van der Waals surface area contributed by atoms with Gasteiger partial charge in [0.25, 0.3) is 0 Å². The van der Waals surface area contributed by atoms with E-state index in [1.165, 1.54) is 0 Å². The summed E-state index contributed by atoms with van der Waals surface area (Å²) >= 11 is 5.93. The van der Waals surface area contributed by atoms with Crippen molar-refractivity contribution in [2.75, 3.05) is 11.9 Å². The van der Waals surface area contributed by atoms with Crippen LogP contribution in [-0.2, 0) is 0 Å². The molecule has 0 aliphatic heterocycles. The van der Waals surface area contributed by atoms with Crippen molar-refractivity contribution in [1.29, 1.82) is 0 Å². The Morgan fingerprint density at radius 1 is 1.15 bits per heavy atom. The van der Waals surface area contributed by atoms with Crippen molar-refractivity contribution in [2.45, 2.75) is 33.1 Å². The van der Waals surface area contributed by atoms with Gasteiger partial charge in [-0.05, 0) is 36.6 Å². The number of hydrogen-bond donors (Lipinski definition) is 1. The van der Waals surface area contributed by atoms with Crippen LogP contribution in [0.1, 0.15) is 38.8 Å². The molecule has 1 N–H and O–H groups in total. The standard InChI is InChI=1S/C16H20ClN3/c1-4-9-18-15-10-14(11(2)3)19-16(20-15)12-5-7-13(17)8-6-12/h5-8,10-11H,4,9H2,1-3H3,(H,18,19,20). The lowest BCUT2D eigenvalue weighted by molar-refractivity contribution is 0.816. The van der Waals surface area contributed by atoms with Crippen LogP contribution in [0.25, 0.3) is 11.4 Å². The van der Waals surface area contributed by atoms with Crippen LogP contribution in [0.5, 0.6) is 0 Å². The molecule has 0 saturated heterocycles. The summed E-state index contributed by atoms with van der Waals surface area (Å²) in [6.45, 7) is 7.32. The lowest BCUT2D eigenvalue weighted by Gasteiger charge is -2.11. The van der Waals surface area contributed by atoms with E-state index < -0.39 is 0 Å². The first-order valence-corrected chi connectivity index (χ1v) is 7.36. The van der Waals surface area contributed by atoms with Crippen molar-refractivity contribution in [2.24, 2.45) is 0 Å². The van der Waals surface area contributed by atoms with Gasteiger partial charge in [0.2, 0.25) is 0 Å². The second-order valence-electron chi connectivity index (χ2n) is 5.09. The monoisotopic (exact) mass is 289 g/mol. The third-order valence-electron chi connectivity index (χ3n) is 3.00. The Labute approximate surface area is 125 Å². The van der Waals surface area contributed by atoms with E-state index in [-0.39, 0.29) is 0 Å². The van der Waals surface area contributed by atoms with Crippen LogP contribution in [0.2, 0.25) is 5.02 Å². The summed E-state index contributed by atoms with van der Waals surface area (Å²) in [7, 11) is 0. The summed E-state index contributed by atoms with van der Waals surface area (Å²) in [6.07, 6.45) is 1.07. The van der Waals surface area contributed by atoms with E-state index in [4.69, 9.17) is 11.6 Å². The highest BCUT2D eigenvalue weighted by molar-refractivity contribution is 6.30. The molecule has 1 heterocycles. The van der Waals surface area contributed by atoms with Crippen molar-refractivity contribution < 1.29 is 0 Å². The molecule has 0 atom stereocenters. The Kier molecular flexibility index (Phi) is 4.96. The van der Waals surface area contributed by atoms with E-state index in [1.807, 2.05) is 30.3 Å². The maximum Gasteiger partial charge on any atom is 0.161 e. The molecular weight excluding hydrogens is 270 g/mol. The van der Waals surface area contributed by atoms with Crippen molar-refractivity contribution in [3.8, 4) is 11.4 Å². The molecule has 0 aliphatic rings. The second-order valence-corrected chi connectivity index (χ2v) is 5.53. The van der Waals surface area contributed by atoms with Gasteiger partial charge in [-0.1, -0.05) is 32.4 Å². The number of hydrogen-bond acceptors (Lipinski definition) is 3. The Bertz CT molecular complexity index is 564. The van der Waals surface area contributed by atoms with Gasteiger partial charge < -0.3 is 5.32 Å². The third kappa shape index (κ3) is 3.70. The third-order valence-corrected chi connectivity index (χ3v) is 3.25. The molecule has 2 rings (SSSR count). The predicted molar refractivity (Wildman–Crippen MR) is 85.3 cm³/mol. The lowest BCUT2D eigenvalue weighted by atomic mass is 10.1. The molecule has 0 unspecified atom stereocenters. The van der Waals surface area contributed by atoms with Gasteiger partial charge >= 0.3 is 0 Å². The zero-order valence-corrected chi connectivity index (χ0v) is 12.9. The number of nitrogens with zero attached hydrogens (tertiary/aromatic N) is 2. The zero-order chi connectivity index (χ0) is 14.5. The zero-order valence-electron chi connectivity index (χ0n) is 12.2. The van der Waals surface area contributed by atoms with Crippen molar-refractivity contribution in [1.82, 2.24) is 9.97 Å². The highest BCUT2D eigenvalue weighted by Gasteiger charge is 2.09. The molecule has 4 heteroatoms. The normalized spacial score (nSPS) is 10.8. The van der Waals surface area contributed by atoms with E-state index in [0.29, 0.717) is 5.92 Å². The average molecular weight is 290 g/mol. The van der Waals surface area contributed by atoms with Gasteiger partial charge in [-0.2, -0.15) is 0 Å². The fourth-order valence-corrected chi connectivity index (χ4v) is 1.96. The Hall–Kier alpha value is -1.61. The molecule has 20 heavy (non-hydrogen) atoms. The van der Waals surface area contributed by atoms with E-state index in [2.05, 4.69) is 36.1 Å². The van der Waals surface area contributed by atoms with Crippen LogP contribution in [0.3, 0.4) is 0 Å². The first-order valence-electron chi connectivity index (χ1n) is 6.99. The summed E-state index contributed by atoms with van der Waals surface area (Å²) in [4.78, 5) is 9.23. The molecule has 0 aliphatic carbocycles. The van der Waals surface area contributed by atoms with E-state index >= 15 is 0 Å². The minimum Gasteiger partial charge on any atom is -0.370 e. The molecule has 0 radical (unpaired) electrons. The molecule has 0 fully saturated rings. The highest BCUT2D eigenvalue weighted by atomic mass is 35.5. The number of rotatable bonds is 5. The van der Waals surface area contributed by atoms with Gasteiger partial charge in [-0.15, -0.1) is 0 Å². The van der Waals surface area contributed by atoms with Gasteiger partial charge in [-0.3, -0.25) is 0 Å². The fourth-order valence-electron chi connectivity index (χ4n) is 1.83. The minimum absolute atomic E-state index is 0.367. The Morgan fingerprint density at radius 3 is 2.45 bits per heavy atom. The first kappa shape index (κ1) is 14.8. The summed E-state index contributed by atoms with van der Waals surface area (Å²) in [5.41, 5.74) is 2.03. The van der Waals surface area contributed by atoms with Gasteiger partial charge in [0.1, 0.15) is 5.82 Å². The molecular formula is C16H20ClN3. The first-order chi connectivity index (χ1) is 9.60. The molecule has 106 valence electrons. The molecule has 3 nitrogen and oxygen atoms in total. The topological polar surface area (TPSA) is 37.8 Å². The number of anilines is 1. The van der Waals surface area contributed by atoms with Gasteiger partial charge in [-0.25, -0.2) is 9.97 Å². The van der Waals surface area contributed by atoms with Gasteiger partial charge in [0.05, 0.1) is 0 Å². The number of aromatic nitrogens is 2. The van der Waals surface area contributed by atoms with Gasteiger partial charge in [0, 0.05) is 28.9 Å². The largest absolute Gasteiger partial charge is 0.370 e. The van der Waals surface area contributed by atoms with Crippen LogP contribution in [0, 0.1) is 0 Å². The van der Waals surface area contributed by atoms with Crippen LogP contribution >= 0.6 is 11.6 Å². The fraction of sp³-hybridized carbons (Fsp3) is 0.375. The van der Waals surface area contributed by atoms with Crippen LogP contribution in [0.15, 0.2) is 30.3 Å². The van der Waals surface area contributed by atoms with Crippen molar-refractivity contribution >= 4 is 17.4 Å².